The van der Waals surface area contributed by atoms with Crippen molar-refractivity contribution < 1.29 is 38.5 Å². The Morgan fingerprint density at radius 1 is 1.12 bits per heavy atom. The second-order valence-corrected chi connectivity index (χ2v) is 6.82. The summed E-state index contributed by atoms with van der Waals surface area (Å²) in [5, 5.41) is 21.2. The fourth-order valence-corrected chi connectivity index (χ4v) is 4.24. The zero-order chi connectivity index (χ0) is 16.2. The highest BCUT2D eigenvalue weighted by Crippen LogP contribution is 2.46. The molecule has 6 heteroatoms. The molecule has 0 fully saturated rings. The first-order valence-electron chi connectivity index (χ1n) is 7.92. The van der Waals surface area contributed by atoms with Crippen molar-refractivity contribution >= 4 is 5.69 Å². The molecule has 0 aromatic heterocycles. The number of quaternary nitrogens is 1. The molecule has 0 saturated heterocycles. The van der Waals surface area contributed by atoms with E-state index < -0.39 is 4.92 Å². The van der Waals surface area contributed by atoms with Crippen LogP contribution in [-0.2, 0) is 12.8 Å². The van der Waals surface area contributed by atoms with Gasteiger partial charge in [-0.1, -0.05) is 24.3 Å². The van der Waals surface area contributed by atoms with Gasteiger partial charge in [0.15, 0.2) is 5.75 Å². The Labute approximate surface area is 157 Å². The van der Waals surface area contributed by atoms with Crippen LogP contribution in [0.25, 0.3) is 0 Å². The normalized spacial score (nSPS) is 24.1. The van der Waals surface area contributed by atoms with E-state index >= 15 is 0 Å². The highest BCUT2D eigenvalue weighted by Gasteiger charge is 2.44. The lowest BCUT2D eigenvalue weighted by atomic mass is 9.80. The molecule has 126 valence electrons. The van der Waals surface area contributed by atoms with Crippen LogP contribution in [0.3, 0.4) is 0 Å². The van der Waals surface area contributed by atoms with Crippen LogP contribution >= 0.6 is 0 Å². The van der Waals surface area contributed by atoms with E-state index in [0.717, 1.165) is 41.5 Å². The van der Waals surface area contributed by atoms with Crippen LogP contribution in [0.15, 0.2) is 36.4 Å². The number of likely N-dealkylation sites (N-methyl/N-ethyl adjacent to an activating group) is 1. The van der Waals surface area contributed by atoms with E-state index in [2.05, 4.69) is 25.2 Å². The molecule has 5 nitrogen and oxygen atoms in total. The minimum Gasteiger partial charge on any atom is -1.00 e. The number of hydrogen-bond acceptors (Lipinski definition) is 3. The summed E-state index contributed by atoms with van der Waals surface area (Å²) in [6, 6.07) is 11.7. The Morgan fingerprint density at radius 2 is 1.79 bits per heavy atom. The van der Waals surface area contributed by atoms with Crippen molar-refractivity contribution in [1.29, 1.82) is 0 Å². The van der Waals surface area contributed by atoms with Crippen LogP contribution in [0, 0.1) is 10.1 Å². The second kappa shape index (κ2) is 6.00. The summed E-state index contributed by atoms with van der Waals surface area (Å²) in [7, 11) is 2.24. The third-order valence-electron chi connectivity index (χ3n) is 5.48. The third-order valence-corrected chi connectivity index (χ3v) is 5.48. The van der Waals surface area contributed by atoms with Gasteiger partial charge in [0, 0.05) is 30.0 Å². The fraction of sp³-hybridized carbons (Fsp3) is 0.333. The van der Waals surface area contributed by atoms with Crippen molar-refractivity contribution in [2.24, 2.45) is 0 Å². The van der Waals surface area contributed by atoms with E-state index in [-0.39, 0.29) is 41.5 Å². The number of nitrogens with zero attached hydrogens (tertiary/aromatic N) is 2. The maximum absolute atomic E-state index is 11.2. The van der Waals surface area contributed by atoms with Crippen molar-refractivity contribution in [2.75, 3.05) is 20.1 Å². The monoisotopic (exact) mass is 438 g/mol. The highest BCUT2D eigenvalue weighted by atomic mass is 127. The smallest absolute Gasteiger partial charge is 0.311 e. The maximum atomic E-state index is 11.2. The number of rotatable bonds is 1. The molecule has 2 heterocycles. The molecular formula is C18H19IN2O3. The summed E-state index contributed by atoms with van der Waals surface area (Å²) >= 11 is 0. The van der Waals surface area contributed by atoms with Gasteiger partial charge in [0.05, 0.1) is 25.1 Å². The molecule has 2 atom stereocenters. The van der Waals surface area contributed by atoms with E-state index in [1.54, 1.807) is 12.1 Å². The third kappa shape index (κ3) is 2.48. The second-order valence-electron chi connectivity index (χ2n) is 6.82. The first-order valence-corrected chi connectivity index (χ1v) is 7.92. The van der Waals surface area contributed by atoms with Crippen molar-refractivity contribution in [3.63, 3.8) is 0 Å². The van der Waals surface area contributed by atoms with Gasteiger partial charge in [-0.05, 0) is 17.2 Å². The number of nitro benzene ring substituents is 1. The molecular weight excluding hydrogens is 419 g/mol. The molecule has 0 spiro atoms. The summed E-state index contributed by atoms with van der Waals surface area (Å²) < 4.78 is 0.881. The number of phenolic OH excluding ortho intramolecular Hbond substituents is 1. The molecule has 0 amide bonds. The Morgan fingerprint density at radius 3 is 2.50 bits per heavy atom. The summed E-state index contributed by atoms with van der Waals surface area (Å²) in [6.07, 6.45) is 1.88. The lowest BCUT2D eigenvalue weighted by molar-refractivity contribution is -0.937. The van der Waals surface area contributed by atoms with Crippen molar-refractivity contribution in [2.45, 2.75) is 18.9 Å². The number of nitro groups is 1. The van der Waals surface area contributed by atoms with Gasteiger partial charge in [0.2, 0.25) is 0 Å². The van der Waals surface area contributed by atoms with Crippen LogP contribution in [0.2, 0.25) is 0 Å². The van der Waals surface area contributed by atoms with Crippen molar-refractivity contribution in [3.05, 3.63) is 68.8 Å². The Bertz CT molecular complexity index is 824. The van der Waals surface area contributed by atoms with Gasteiger partial charge in [-0.3, -0.25) is 10.1 Å². The standard InChI is InChI=1S/C18H18N2O3.HI/c1-20-8-6-12-4-2-3-5-14(12)18(20)15-11-16(19(22)23)17(21)10-13(15)7-9-20;/h2-5,10-11,18H,6-9H2,1H3;1H. The van der Waals surface area contributed by atoms with Gasteiger partial charge < -0.3 is 33.6 Å². The van der Waals surface area contributed by atoms with E-state index in [9.17, 15) is 15.2 Å². The molecule has 2 aromatic carbocycles. The summed E-state index contributed by atoms with van der Waals surface area (Å²) in [5.74, 6) is -0.228. The topological polar surface area (TPSA) is 63.4 Å². The van der Waals surface area contributed by atoms with E-state index in [1.165, 1.54) is 11.1 Å². The van der Waals surface area contributed by atoms with Crippen LogP contribution in [-0.4, -0.2) is 34.7 Å². The largest absolute Gasteiger partial charge is 1.00 e. The van der Waals surface area contributed by atoms with Gasteiger partial charge in [-0.2, -0.15) is 0 Å². The van der Waals surface area contributed by atoms with Crippen LogP contribution in [0.4, 0.5) is 5.69 Å². The molecule has 0 radical (unpaired) electrons. The van der Waals surface area contributed by atoms with Gasteiger partial charge in [-0.25, -0.2) is 0 Å². The molecule has 0 aliphatic carbocycles. The van der Waals surface area contributed by atoms with Crippen LogP contribution in [0.5, 0.6) is 5.75 Å². The first kappa shape index (κ1) is 17.2. The lowest BCUT2D eigenvalue weighted by Crippen LogP contribution is -3.00. The predicted octanol–water partition coefficient (Wildman–Crippen LogP) is -0.0474. The zero-order valence-corrected chi connectivity index (χ0v) is 15.6. The van der Waals surface area contributed by atoms with E-state index in [4.69, 9.17) is 0 Å². The summed E-state index contributed by atoms with van der Waals surface area (Å²) in [5.41, 5.74) is 4.43. The minimum atomic E-state index is -0.497. The van der Waals surface area contributed by atoms with Gasteiger partial charge in [0.25, 0.3) is 0 Å². The molecule has 2 unspecified atom stereocenters. The average molecular weight is 438 g/mol. The van der Waals surface area contributed by atoms with Gasteiger partial charge >= 0.3 is 5.69 Å². The van der Waals surface area contributed by atoms with Crippen molar-refractivity contribution in [3.8, 4) is 5.75 Å². The number of phenols is 1. The Balaban J connectivity index is 0.00000169. The van der Waals surface area contributed by atoms with Gasteiger partial charge in [-0.15, -0.1) is 0 Å². The van der Waals surface area contributed by atoms with Crippen LogP contribution < -0.4 is 24.0 Å². The molecule has 4 rings (SSSR count). The molecule has 2 aromatic rings. The molecule has 0 saturated carbocycles. The van der Waals surface area contributed by atoms with Gasteiger partial charge in [0.1, 0.15) is 6.04 Å². The molecule has 1 N–H and O–H groups in total. The SMILES string of the molecule is C[N+]12CCc3ccccc3C1c1cc([N+](=O)[O-])c(O)cc1CC2.[I-]. The fourth-order valence-electron chi connectivity index (χ4n) is 4.24. The lowest BCUT2D eigenvalue weighted by Gasteiger charge is -2.49. The number of fused-ring (bicyclic) bond motifs is 5. The molecule has 0 bridgehead atoms. The minimum absolute atomic E-state index is 0. The average Bonchev–Trinajstić information content (AvgIpc) is 2.53. The summed E-state index contributed by atoms with van der Waals surface area (Å²) in [4.78, 5) is 10.7. The van der Waals surface area contributed by atoms with Crippen molar-refractivity contribution in [1.82, 2.24) is 0 Å². The number of benzene rings is 2. The van der Waals surface area contributed by atoms with E-state index in [0.29, 0.717) is 0 Å². The summed E-state index contributed by atoms with van der Waals surface area (Å²) in [6.45, 7) is 2.03. The molecule has 2 aliphatic rings. The Hall–Kier alpha value is -1.67. The molecule has 24 heavy (non-hydrogen) atoms. The van der Waals surface area contributed by atoms with Crippen LogP contribution in [0.1, 0.15) is 28.3 Å². The quantitative estimate of drug-likeness (QED) is 0.294. The number of halogens is 1. The number of hydrogen-bond donors (Lipinski definition) is 1. The van der Waals surface area contributed by atoms with E-state index in [1.807, 2.05) is 6.07 Å². The Kier molecular flexibility index (Phi) is 4.29. The zero-order valence-electron chi connectivity index (χ0n) is 13.4. The highest BCUT2D eigenvalue weighted by molar-refractivity contribution is 5.54. The molecule has 2 aliphatic heterocycles. The maximum Gasteiger partial charge on any atom is 0.311 e. The number of aromatic hydroxyl groups is 1. The predicted molar refractivity (Wildman–Crippen MR) is 86.4 cm³/mol. The first-order chi connectivity index (χ1) is 11.0.